The summed E-state index contributed by atoms with van der Waals surface area (Å²) in [4.78, 5) is 10.9. The van der Waals surface area contributed by atoms with Crippen LogP contribution in [0.2, 0.25) is 0 Å². The molecule has 0 radical (unpaired) electrons. The molecule has 1 unspecified atom stereocenters. The van der Waals surface area contributed by atoms with Crippen LogP contribution in [0.5, 0.6) is 0 Å². The van der Waals surface area contributed by atoms with E-state index in [0.29, 0.717) is 6.61 Å². The van der Waals surface area contributed by atoms with Gasteiger partial charge >= 0.3 is 5.97 Å². The summed E-state index contributed by atoms with van der Waals surface area (Å²) in [5.41, 5.74) is -1.52. The van der Waals surface area contributed by atoms with Crippen molar-refractivity contribution in [3.63, 3.8) is 0 Å². The van der Waals surface area contributed by atoms with Crippen molar-refractivity contribution in [2.24, 2.45) is 0 Å². The lowest BCUT2D eigenvalue weighted by Crippen LogP contribution is -2.17. The van der Waals surface area contributed by atoms with E-state index in [-0.39, 0.29) is 0 Å². The SMILES string of the molecule is CCCCCCCCCCCCCCCCCCOC(=O)C(O)Cl. The standard InChI is InChI=1S/C20H39ClO3/c1-2-3-4-5-6-7-8-9-10-11-12-13-14-15-16-17-18-24-20(23)19(21)22/h19,22H,2-18H2,1H3. The Morgan fingerprint density at radius 1 is 0.750 bits per heavy atom. The average molecular weight is 363 g/mol. The van der Waals surface area contributed by atoms with Gasteiger partial charge in [-0.3, -0.25) is 0 Å². The molecule has 0 aromatic carbocycles. The average Bonchev–Trinajstić information content (AvgIpc) is 2.57. The number of aliphatic hydroxyl groups excluding tert-OH is 1. The van der Waals surface area contributed by atoms with Crippen LogP contribution in [-0.4, -0.2) is 23.2 Å². The molecule has 0 amide bonds. The Bertz CT molecular complexity index is 270. The largest absolute Gasteiger partial charge is 0.463 e. The monoisotopic (exact) mass is 362 g/mol. The van der Waals surface area contributed by atoms with Crippen LogP contribution in [0.3, 0.4) is 0 Å². The van der Waals surface area contributed by atoms with Crippen molar-refractivity contribution in [3.05, 3.63) is 0 Å². The van der Waals surface area contributed by atoms with E-state index in [1.165, 1.54) is 89.9 Å². The van der Waals surface area contributed by atoms with E-state index in [2.05, 4.69) is 6.92 Å². The zero-order valence-electron chi connectivity index (χ0n) is 15.7. The van der Waals surface area contributed by atoms with E-state index >= 15 is 0 Å². The maximum Gasteiger partial charge on any atom is 0.350 e. The van der Waals surface area contributed by atoms with Crippen LogP contribution < -0.4 is 0 Å². The van der Waals surface area contributed by atoms with E-state index in [4.69, 9.17) is 21.4 Å². The number of carbonyl (C=O) groups is 1. The van der Waals surface area contributed by atoms with Crippen LogP contribution in [0.15, 0.2) is 0 Å². The number of esters is 1. The molecule has 0 aliphatic carbocycles. The lowest BCUT2D eigenvalue weighted by molar-refractivity contribution is -0.149. The molecule has 0 aliphatic heterocycles. The zero-order valence-corrected chi connectivity index (χ0v) is 16.5. The van der Waals surface area contributed by atoms with Crippen molar-refractivity contribution in [2.75, 3.05) is 6.61 Å². The van der Waals surface area contributed by atoms with Crippen molar-refractivity contribution in [1.29, 1.82) is 0 Å². The first-order valence-electron chi connectivity index (χ1n) is 10.2. The highest BCUT2D eigenvalue weighted by molar-refractivity contribution is 6.28. The predicted molar refractivity (Wildman–Crippen MR) is 102 cm³/mol. The second kappa shape index (κ2) is 19.1. The van der Waals surface area contributed by atoms with E-state index in [1.807, 2.05) is 0 Å². The molecule has 0 saturated heterocycles. The van der Waals surface area contributed by atoms with E-state index in [0.717, 1.165) is 12.8 Å². The summed E-state index contributed by atoms with van der Waals surface area (Å²) in [7, 11) is 0. The number of halogens is 1. The van der Waals surface area contributed by atoms with Crippen LogP contribution in [0.1, 0.15) is 110 Å². The molecule has 144 valence electrons. The second-order valence-electron chi connectivity index (χ2n) is 6.81. The fraction of sp³-hybridized carbons (Fsp3) is 0.950. The maximum absolute atomic E-state index is 10.9. The van der Waals surface area contributed by atoms with Crippen LogP contribution in [0.4, 0.5) is 0 Å². The second-order valence-corrected chi connectivity index (χ2v) is 7.22. The summed E-state index contributed by atoms with van der Waals surface area (Å²) in [5.74, 6) is -0.738. The molecule has 0 rings (SSSR count). The Labute approximate surface area is 154 Å². The molecular formula is C20H39ClO3. The van der Waals surface area contributed by atoms with Crippen molar-refractivity contribution in [1.82, 2.24) is 0 Å². The van der Waals surface area contributed by atoms with Gasteiger partial charge < -0.3 is 9.84 Å². The number of rotatable bonds is 18. The minimum Gasteiger partial charge on any atom is -0.463 e. The molecule has 0 fully saturated rings. The quantitative estimate of drug-likeness (QED) is 0.175. The molecular weight excluding hydrogens is 324 g/mol. The first kappa shape index (κ1) is 23.7. The Hall–Kier alpha value is -0.280. The molecule has 0 heterocycles. The van der Waals surface area contributed by atoms with Gasteiger partial charge in [-0.25, -0.2) is 4.79 Å². The van der Waals surface area contributed by atoms with E-state index in [1.54, 1.807) is 0 Å². The summed E-state index contributed by atoms with van der Waals surface area (Å²) in [5, 5.41) is 8.75. The molecule has 0 aliphatic rings. The fourth-order valence-electron chi connectivity index (χ4n) is 2.89. The van der Waals surface area contributed by atoms with Gasteiger partial charge in [0.25, 0.3) is 0 Å². The Kier molecular flexibility index (Phi) is 18.8. The lowest BCUT2D eigenvalue weighted by Gasteiger charge is -2.05. The molecule has 1 atom stereocenters. The number of hydrogen-bond donors (Lipinski definition) is 1. The third-order valence-corrected chi connectivity index (χ3v) is 4.61. The van der Waals surface area contributed by atoms with Gasteiger partial charge in [0, 0.05) is 0 Å². The van der Waals surface area contributed by atoms with Gasteiger partial charge in [-0.2, -0.15) is 0 Å². The minimum atomic E-state index is -1.52. The molecule has 0 spiro atoms. The minimum absolute atomic E-state index is 0.362. The molecule has 0 aromatic rings. The van der Waals surface area contributed by atoms with E-state index < -0.39 is 11.5 Å². The van der Waals surface area contributed by atoms with Gasteiger partial charge in [0.05, 0.1) is 6.61 Å². The normalized spacial score (nSPS) is 12.3. The van der Waals surface area contributed by atoms with Crippen LogP contribution in [-0.2, 0) is 9.53 Å². The van der Waals surface area contributed by atoms with Crippen molar-refractivity contribution in [2.45, 2.75) is 115 Å². The molecule has 3 nitrogen and oxygen atoms in total. The molecule has 0 aromatic heterocycles. The van der Waals surface area contributed by atoms with Gasteiger partial charge in [0.15, 0.2) is 0 Å². The van der Waals surface area contributed by atoms with Gasteiger partial charge in [-0.15, -0.1) is 0 Å². The van der Waals surface area contributed by atoms with Crippen molar-refractivity contribution in [3.8, 4) is 0 Å². The molecule has 0 saturated carbocycles. The molecule has 24 heavy (non-hydrogen) atoms. The van der Waals surface area contributed by atoms with Gasteiger partial charge in [0.2, 0.25) is 5.56 Å². The lowest BCUT2D eigenvalue weighted by atomic mass is 10.0. The highest BCUT2D eigenvalue weighted by Gasteiger charge is 2.11. The smallest absolute Gasteiger partial charge is 0.350 e. The molecule has 4 heteroatoms. The van der Waals surface area contributed by atoms with Crippen LogP contribution in [0.25, 0.3) is 0 Å². The third kappa shape index (κ3) is 18.1. The third-order valence-electron chi connectivity index (χ3n) is 4.44. The number of carbonyl (C=O) groups excluding carboxylic acids is 1. The Morgan fingerprint density at radius 3 is 1.42 bits per heavy atom. The highest BCUT2D eigenvalue weighted by atomic mass is 35.5. The van der Waals surface area contributed by atoms with E-state index in [9.17, 15) is 4.79 Å². The first-order valence-corrected chi connectivity index (χ1v) is 10.6. The first-order chi connectivity index (χ1) is 11.7. The summed E-state index contributed by atoms with van der Waals surface area (Å²) < 4.78 is 4.80. The van der Waals surface area contributed by atoms with Gasteiger partial charge in [-0.1, -0.05) is 115 Å². The summed E-state index contributed by atoms with van der Waals surface area (Å²) in [6.45, 7) is 2.63. The molecule has 1 N–H and O–H groups in total. The number of aliphatic hydroxyl groups is 1. The number of alkyl halides is 1. The van der Waals surface area contributed by atoms with Crippen molar-refractivity contribution < 1.29 is 14.6 Å². The maximum atomic E-state index is 10.9. The van der Waals surface area contributed by atoms with Crippen molar-refractivity contribution >= 4 is 17.6 Å². The van der Waals surface area contributed by atoms with Crippen LogP contribution >= 0.6 is 11.6 Å². The highest BCUT2D eigenvalue weighted by Crippen LogP contribution is 2.13. The predicted octanol–water partition coefficient (Wildman–Crippen LogP) is 6.35. The number of hydrogen-bond acceptors (Lipinski definition) is 3. The number of unbranched alkanes of at least 4 members (excludes halogenated alkanes) is 15. The fourth-order valence-corrected chi connectivity index (χ4v) is 2.95. The Balaban J connectivity index is 3.04. The van der Waals surface area contributed by atoms with Crippen LogP contribution in [0, 0.1) is 0 Å². The zero-order chi connectivity index (χ0) is 17.9. The van der Waals surface area contributed by atoms with Gasteiger partial charge in [0.1, 0.15) is 0 Å². The number of ether oxygens (including phenoxy) is 1. The van der Waals surface area contributed by atoms with Gasteiger partial charge in [-0.05, 0) is 6.42 Å². The summed E-state index contributed by atoms with van der Waals surface area (Å²) in [6.07, 6.45) is 21.1. The topological polar surface area (TPSA) is 46.5 Å². The summed E-state index contributed by atoms with van der Waals surface area (Å²) in [6, 6.07) is 0. The molecule has 0 bridgehead atoms. The Morgan fingerprint density at radius 2 is 1.08 bits per heavy atom. The summed E-state index contributed by atoms with van der Waals surface area (Å²) >= 11 is 5.19.